The van der Waals surface area contributed by atoms with Crippen LogP contribution in [0.3, 0.4) is 0 Å². The fourth-order valence-corrected chi connectivity index (χ4v) is 2.28. The molecule has 2 N–H and O–H groups in total. The SMILES string of the molecule is CCCNC(C)c1nnc(N2CCN(CCO)CC2)o1. The third-order valence-electron chi connectivity index (χ3n) is 3.56. The molecule has 114 valence electrons. The zero-order valence-electron chi connectivity index (χ0n) is 12.4. The minimum absolute atomic E-state index is 0.0897. The molecule has 0 radical (unpaired) electrons. The first-order chi connectivity index (χ1) is 9.74. The summed E-state index contributed by atoms with van der Waals surface area (Å²) in [6.07, 6.45) is 1.08. The number of β-amino-alcohol motifs (C(OH)–C–C–N with tert-alkyl or cyclic N) is 1. The number of nitrogens with zero attached hydrogens (tertiary/aromatic N) is 4. The van der Waals surface area contributed by atoms with Crippen LogP contribution in [0.4, 0.5) is 6.01 Å². The summed E-state index contributed by atoms with van der Waals surface area (Å²) in [7, 11) is 0. The molecule has 20 heavy (non-hydrogen) atoms. The third-order valence-corrected chi connectivity index (χ3v) is 3.56. The molecule has 7 heteroatoms. The molecule has 0 spiro atoms. The minimum atomic E-state index is 0.0897. The maximum atomic E-state index is 8.93. The van der Waals surface area contributed by atoms with Gasteiger partial charge in [-0.3, -0.25) is 4.90 Å². The van der Waals surface area contributed by atoms with Gasteiger partial charge in [-0.25, -0.2) is 0 Å². The quantitative estimate of drug-likeness (QED) is 0.742. The number of aromatic nitrogens is 2. The third kappa shape index (κ3) is 3.91. The van der Waals surface area contributed by atoms with Crippen LogP contribution in [0, 0.1) is 0 Å². The molecular formula is C13H25N5O2. The number of hydrogen-bond donors (Lipinski definition) is 2. The topological polar surface area (TPSA) is 77.7 Å². The fraction of sp³-hybridized carbons (Fsp3) is 0.846. The average molecular weight is 283 g/mol. The van der Waals surface area contributed by atoms with Gasteiger partial charge in [-0.15, -0.1) is 5.10 Å². The van der Waals surface area contributed by atoms with E-state index in [0.717, 1.165) is 45.7 Å². The smallest absolute Gasteiger partial charge is 0.318 e. The molecule has 0 saturated carbocycles. The van der Waals surface area contributed by atoms with Gasteiger partial charge in [-0.1, -0.05) is 12.0 Å². The standard InChI is InChI=1S/C13H25N5O2/c1-3-4-14-11(2)12-15-16-13(20-12)18-7-5-17(6-8-18)9-10-19/h11,14,19H,3-10H2,1-2H3. The molecule has 0 aliphatic carbocycles. The molecule has 0 aromatic carbocycles. The highest BCUT2D eigenvalue weighted by molar-refractivity contribution is 5.25. The highest BCUT2D eigenvalue weighted by Crippen LogP contribution is 2.18. The number of nitrogens with one attached hydrogen (secondary N) is 1. The van der Waals surface area contributed by atoms with Gasteiger partial charge in [0.2, 0.25) is 5.89 Å². The van der Waals surface area contributed by atoms with Gasteiger partial charge in [-0.05, 0) is 19.9 Å². The van der Waals surface area contributed by atoms with Crippen molar-refractivity contribution in [2.75, 3.05) is 50.8 Å². The molecule has 2 heterocycles. The van der Waals surface area contributed by atoms with Crippen LogP contribution in [0.1, 0.15) is 32.2 Å². The van der Waals surface area contributed by atoms with E-state index in [9.17, 15) is 0 Å². The molecule has 1 aromatic heterocycles. The van der Waals surface area contributed by atoms with E-state index in [1.165, 1.54) is 0 Å². The van der Waals surface area contributed by atoms with Crippen LogP contribution >= 0.6 is 0 Å². The Bertz CT molecular complexity index is 390. The van der Waals surface area contributed by atoms with E-state index >= 15 is 0 Å². The second-order valence-electron chi connectivity index (χ2n) is 5.15. The highest BCUT2D eigenvalue weighted by atomic mass is 16.4. The molecule has 1 aliphatic rings. The first-order valence-electron chi connectivity index (χ1n) is 7.39. The van der Waals surface area contributed by atoms with E-state index in [0.29, 0.717) is 11.9 Å². The van der Waals surface area contributed by atoms with E-state index in [1.807, 2.05) is 6.92 Å². The Balaban J connectivity index is 1.86. The first kappa shape index (κ1) is 15.2. The normalized spacial score (nSPS) is 18.4. The van der Waals surface area contributed by atoms with Gasteiger partial charge in [0.1, 0.15) is 0 Å². The molecular weight excluding hydrogens is 258 g/mol. The molecule has 1 atom stereocenters. The second kappa shape index (κ2) is 7.56. The number of anilines is 1. The maximum Gasteiger partial charge on any atom is 0.318 e. The number of aliphatic hydroxyl groups is 1. The number of aliphatic hydroxyl groups excluding tert-OH is 1. The number of piperazine rings is 1. The van der Waals surface area contributed by atoms with E-state index in [4.69, 9.17) is 9.52 Å². The van der Waals surface area contributed by atoms with Gasteiger partial charge in [0, 0.05) is 32.7 Å². The fourth-order valence-electron chi connectivity index (χ4n) is 2.28. The van der Waals surface area contributed by atoms with Crippen molar-refractivity contribution < 1.29 is 9.52 Å². The Labute approximate surface area is 120 Å². The van der Waals surface area contributed by atoms with Crippen molar-refractivity contribution >= 4 is 6.01 Å². The van der Waals surface area contributed by atoms with E-state index in [1.54, 1.807) is 0 Å². The average Bonchev–Trinajstić information content (AvgIpc) is 2.96. The first-order valence-corrected chi connectivity index (χ1v) is 7.39. The van der Waals surface area contributed by atoms with Crippen molar-refractivity contribution in [2.45, 2.75) is 26.3 Å². The number of rotatable bonds is 7. The molecule has 0 bridgehead atoms. The summed E-state index contributed by atoms with van der Waals surface area (Å²) >= 11 is 0. The van der Waals surface area contributed by atoms with Crippen molar-refractivity contribution in [1.82, 2.24) is 20.4 Å². The minimum Gasteiger partial charge on any atom is -0.406 e. The Morgan fingerprint density at radius 2 is 2.05 bits per heavy atom. The van der Waals surface area contributed by atoms with E-state index in [-0.39, 0.29) is 12.6 Å². The summed E-state index contributed by atoms with van der Waals surface area (Å²) in [6, 6.07) is 0.695. The van der Waals surface area contributed by atoms with Crippen LogP contribution in [0.25, 0.3) is 0 Å². The zero-order valence-corrected chi connectivity index (χ0v) is 12.4. The lowest BCUT2D eigenvalue weighted by Gasteiger charge is -2.33. The molecule has 0 amide bonds. The largest absolute Gasteiger partial charge is 0.406 e. The Hall–Kier alpha value is -1.18. The molecule has 1 aromatic rings. The van der Waals surface area contributed by atoms with Gasteiger partial charge in [-0.2, -0.15) is 0 Å². The lowest BCUT2D eigenvalue weighted by molar-refractivity contribution is 0.187. The molecule has 2 rings (SSSR count). The van der Waals surface area contributed by atoms with Crippen molar-refractivity contribution in [1.29, 1.82) is 0 Å². The predicted molar refractivity (Wildman–Crippen MR) is 76.7 cm³/mol. The summed E-state index contributed by atoms with van der Waals surface area (Å²) in [5.41, 5.74) is 0. The summed E-state index contributed by atoms with van der Waals surface area (Å²) in [5, 5.41) is 20.5. The zero-order chi connectivity index (χ0) is 14.4. The van der Waals surface area contributed by atoms with Crippen molar-refractivity contribution in [3.05, 3.63) is 5.89 Å². The Morgan fingerprint density at radius 1 is 1.30 bits per heavy atom. The van der Waals surface area contributed by atoms with Crippen molar-refractivity contribution in [3.8, 4) is 0 Å². The van der Waals surface area contributed by atoms with Gasteiger partial charge in [0.05, 0.1) is 12.6 Å². The van der Waals surface area contributed by atoms with Gasteiger partial charge in [0.25, 0.3) is 0 Å². The summed E-state index contributed by atoms with van der Waals surface area (Å²) in [5.74, 6) is 0.645. The molecule has 1 fully saturated rings. The Morgan fingerprint density at radius 3 is 2.70 bits per heavy atom. The molecule has 7 nitrogen and oxygen atoms in total. The molecule has 1 unspecified atom stereocenters. The van der Waals surface area contributed by atoms with Gasteiger partial charge >= 0.3 is 6.01 Å². The predicted octanol–water partition coefficient (Wildman–Crippen LogP) is 0.245. The summed E-state index contributed by atoms with van der Waals surface area (Å²) in [6.45, 7) is 9.61. The van der Waals surface area contributed by atoms with Crippen LogP contribution in [-0.2, 0) is 0 Å². The summed E-state index contributed by atoms with van der Waals surface area (Å²) < 4.78 is 5.75. The second-order valence-corrected chi connectivity index (χ2v) is 5.15. The van der Waals surface area contributed by atoms with Gasteiger partial charge < -0.3 is 19.7 Å². The monoisotopic (exact) mass is 283 g/mol. The van der Waals surface area contributed by atoms with Crippen molar-refractivity contribution in [2.24, 2.45) is 0 Å². The van der Waals surface area contributed by atoms with Crippen LogP contribution in [0.15, 0.2) is 4.42 Å². The maximum absolute atomic E-state index is 8.93. The molecule has 1 saturated heterocycles. The van der Waals surface area contributed by atoms with Gasteiger partial charge in [0.15, 0.2) is 0 Å². The van der Waals surface area contributed by atoms with Crippen LogP contribution < -0.4 is 10.2 Å². The van der Waals surface area contributed by atoms with E-state index < -0.39 is 0 Å². The van der Waals surface area contributed by atoms with Crippen LogP contribution in [0.5, 0.6) is 0 Å². The van der Waals surface area contributed by atoms with Crippen molar-refractivity contribution in [3.63, 3.8) is 0 Å². The van der Waals surface area contributed by atoms with Crippen LogP contribution in [0.2, 0.25) is 0 Å². The molecule has 1 aliphatic heterocycles. The van der Waals surface area contributed by atoms with E-state index in [2.05, 4.69) is 32.2 Å². The van der Waals surface area contributed by atoms with Crippen LogP contribution in [-0.4, -0.2) is 66.1 Å². The lowest BCUT2D eigenvalue weighted by Crippen LogP contribution is -2.47. The summed E-state index contributed by atoms with van der Waals surface area (Å²) in [4.78, 5) is 4.34. The lowest BCUT2D eigenvalue weighted by atomic mass is 10.3. The Kier molecular flexibility index (Phi) is 5.75. The highest BCUT2D eigenvalue weighted by Gasteiger charge is 2.22. The number of hydrogen-bond acceptors (Lipinski definition) is 7.